The molecule has 0 aliphatic carbocycles. The fraction of sp³-hybridized carbons (Fsp3) is 0.269. The van der Waals surface area contributed by atoms with Gasteiger partial charge in [-0.05, 0) is 43.5 Å². The minimum absolute atomic E-state index is 0.0647. The van der Waals surface area contributed by atoms with Gasteiger partial charge in [-0.1, -0.05) is 84.1 Å². The highest BCUT2D eigenvalue weighted by Crippen LogP contribution is 2.32. The van der Waals surface area contributed by atoms with Gasteiger partial charge in [0.25, 0.3) is 11.1 Å². The van der Waals surface area contributed by atoms with Crippen LogP contribution in [0.3, 0.4) is 0 Å². The van der Waals surface area contributed by atoms with E-state index >= 15 is 0 Å². The number of nitrogens with one attached hydrogen (secondary N) is 2. The molecule has 0 radical (unpaired) electrons. The van der Waals surface area contributed by atoms with Crippen LogP contribution >= 0.6 is 35.7 Å². The number of nitrogens with zero attached hydrogens (tertiary/aromatic N) is 2. The van der Waals surface area contributed by atoms with E-state index in [1.165, 1.54) is 11.8 Å². The van der Waals surface area contributed by atoms with E-state index < -0.39 is 0 Å². The molecule has 1 fully saturated rings. The molecular formula is C26H26N4O4S3. The van der Waals surface area contributed by atoms with Gasteiger partial charge >= 0.3 is 0 Å². The summed E-state index contributed by atoms with van der Waals surface area (Å²) in [5, 5.41) is 0.398. The molecule has 8 nitrogen and oxygen atoms in total. The van der Waals surface area contributed by atoms with Crippen molar-refractivity contribution in [3.63, 3.8) is 0 Å². The van der Waals surface area contributed by atoms with Crippen LogP contribution in [0.25, 0.3) is 17.2 Å². The SMILES string of the molecule is Cc1ccc(C=C2SC(=S)N(CCCCCC(=O)NNC(=O)CSc3nc4ccccc4o3)C2=O)cc1. The Balaban J connectivity index is 1.10. The van der Waals surface area contributed by atoms with Crippen molar-refractivity contribution >= 4 is 75.0 Å². The summed E-state index contributed by atoms with van der Waals surface area (Å²) in [4.78, 5) is 43.3. The zero-order valence-electron chi connectivity index (χ0n) is 20.2. The lowest BCUT2D eigenvalue weighted by Gasteiger charge is -2.14. The second-order valence-electron chi connectivity index (χ2n) is 8.39. The molecule has 0 atom stereocenters. The molecule has 2 N–H and O–H groups in total. The summed E-state index contributed by atoms with van der Waals surface area (Å²) in [7, 11) is 0. The van der Waals surface area contributed by atoms with Gasteiger partial charge in [0.15, 0.2) is 5.58 Å². The van der Waals surface area contributed by atoms with E-state index in [0.29, 0.717) is 33.0 Å². The van der Waals surface area contributed by atoms with E-state index in [1.54, 1.807) is 4.90 Å². The predicted molar refractivity (Wildman–Crippen MR) is 151 cm³/mol. The molecule has 192 valence electrons. The first kappa shape index (κ1) is 26.9. The van der Waals surface area contributed by atoms with E-state index in [9.17, 15) is 14.4 Å². The maximum Gasteiger partial charge on any atom is 0.266 e. The molecule has 0 saturated carbocycles. The zero-order chi connectivity index (χ0) is 26.2. The average Bonchev–Trinajstić information content (AvgIpc) is 3.42. The maximum absolute atomic E-state index is 12.7. The van der Waals surface area contributed by atoms with Crippen LogP contribution in [0.5, 0.6) is 0 Å². The first-order valence-electron chi connectivity index (χ1n) is 11.8. The van der Waals surface area contributed by atoms with Gasteiger partial charge in [-0.25, -0.2) is 4.98 Å². The average molecular weight is 555 g/mol. The predicted octanol–water partition coefficient (Wildman–Crippen LogP) is 4.84. The van der Waals surface area contributed by atoms with Gasteiger partial charge in [0.1, 0.15) is 9.84 Å². The van der Waals surface area contributed by atoms with Crippen molar-refractivity contribution < 1.29 is 18.8 Å². The van der Waals surface area contributed by atoms with Crippen molar-refractivity contribution in [1.29, 1.82) is 0 Å². The highest BCUT2D eigenvalue weighted by molar-refractivity contribution is 8.26. The molecular weight excluding hydrogens is 529 g/mol. The summed E-state index contributed by atoms with van der Waals surface area (Å²) in [6, 6.07) is 15.3. The van der Waals surface area contributed by atoms with Crippen LogP contribution in [0.1, 0.15) is 36.8 Å². The van der Waals surface area contributed by atoms with E-state index in [4.69, 9.17) is 16.6 Å². The van der Waals surface area contributed by atoms with Gasteiger partial charge in [0.05, 0.1) is 10.7 Å². The lowest BCUT2D eigenvalue weighted by molar-refractivity contribution is -0.127. The number of thiocarbonyl (C=S) groups is 1. The van der Waals surface area contributed by atoms with Gasteiger partial charge in [0.2, 0.25) is 11.8 Å². The molecule has 11 heteroatoms. The molecule has 0 unspecified atom stereocenters. The van der Waals surface area contributed by atoms with Crippen LogP contribution in [0.2, 0.25) is 0 Å². The van der Waals surface area contributed by atoms with E-state index in [-0.39, 0.29) is 29.9 Å². The molecule has 0 spiro atoms. The Morgan fingerprint density at radius 2 is 1.84 bits per heavy atom. The second-order valence-corrected chi connectivity index (χ2v) is 11.0. The summed E-state index contributed by atoms with van der Waals surface area (Å²) in [5.41, 5.74) is 8.35. The number of benzene rings is 2. The van der Waals surface area contributed by atoms with Gasteiger partial charge < -0.3 is 4.42 Å². The van der Waals surface area contributed by atoms with Crippen molar-refractivity contribution in [3.05, 3.63) is 64.6 Å². The number of fused-ring (bicyclic) bond motifs is 1. The highest BCUT2D eigenvalue weighted by atomic mass is 32.2. The number of carbonyl (C=O) groups excluding carboxylic acids is 3. The van der Waals surface area contributed by atoms with Crippen LogP contribution < -0.4 is 10.9 Å². The minimum atomic E-state index is -0.353. The third kappa shape index (κ3) is 7.67. The smallest absolute Gasteiger partial charge is 0.266 e. The van der Waals surface area contributed by atoms with Gasteiger partial charge in [-0.3, -0.25) is 30.1 Å². The Morgan fingerprint density at radius 3 is 2.62 bits per heavy atom. The molecule has 3 aromatic rings. The topological polar surface area (TPSA) is 105 Å². The van der Waals surface area contributed by atoms with Crippen molar-refractivity contribution in [1.82, 2.24) is 20.7 Å². The standard InChI is InChI=1S/C26H26N4O4S3/c1-17-10-12-18(13-11-17)15-21-24(33)30(26(35)37-21)14-6-2-3-9-22(31)28-29-23(32)16-36-25-27-19-7-4-5-8-20(19)34-25/h4-5,7-8,10-13,15H,2-3,6,9,14,16H2,1H3,(H,28,31)(H,29,32). The summed E-state index contributed by atoms with van der Waals surface area (Å²) < 4.78 is 6.11. The number of hydrazine groups is 1. The number of hydrogen-bond acceptors (Lipinski definition) is 8. The highest BCUT2D eigenvalue weighted by Gasteiger charge is 2.31. The molecule has 3 amide bonds. The Bertz CT molecular complexity index is 1300. The van der Waals surface area contributed by atoms with Crippen molar-refractivity contribution in [2.24, 2.45) is 0 Å². The van der Waals surface area contributed by atoms with Crippen LogP contribution in [-0.2, 0) is 14.4 Å². The number of rotatable bonds is 10. The lowest BCUT2D eigenvalue weighted by atomic mass is 10.1. The maximum atomic E-state index is 12.7. The Kier molecular flexibility index (Phi) is 9.37. The fourth-order valence-corrected chi connectivity index (χ4v) is 5.46. The number of hydrogen-bond donors (Lipinski definition) is 2. The van der Waals surface area contributed by atoms with Gasteiger partial charge in [-0.15, -0.1) is 0 Å². The summed E-state index contributed by atoms with van der Waals surface area (Å²) in [5.74, 6) is -0.637. The van der Waals surface area contributed by atoms with Gasteiger partial charge in [0, 0.05) is 13.0 Å². The molecule has 1 aromatic heterocycles. The third-order valence-electron chi connectivity index (χ3n) is 5.48. The largest absolute Gasteiger partial charge is 0.431 e. The van der Waals surface area contributed by atoms with E-state index in [2.05, 4.69) is 15.8 Å². The van der Waals surface area contributed by atoms with Crippen LogP contribution in [0, 0.1) is 6.92 Å². The van der Waals surface area contributed by atoms with Crippen molar-refractivity contribution in [2.75, 3.05) is 12.3 Å². The lowest BCUT2D eigenvalue weighted by Crippen LogP contribution is -2.42. The molecule has 1 aliphatic rings. The molecule has 4 rings (SSSR count). The molecule has 0 bridgehead atoms. The number of thioether (sulfide) groups is 2. The summed E-state index contributed by atoms with van der Waals surface area (Å²) >= 11 is 7.86. The number of unbranched alkanes of at least 4 members (excludes halogenated alkanes) is 2. The zero-order valence-corrected chi connectivity index (χ0v) is 22.6. The number of oxazole rings is 1. The Morgan fingerprint density at radius 1 is 1.08 bits per heavy atom. The Hall–Kier alpha value is -3.15. The fourth-order valence-electron chi connectivity index (χ4n) is 3.52. The van der Waals surface area contributed by atoms with E-state index in [1.807, 2.05) is 61.5 Å². The molecule has 1 saturated heterocycles. The molecule has 2 heterocycles. The van der Waals surface area contributed by atoms with Crippen molar-refractivity contribution in [3.8, 4) is 0 Å². The molecule has 1 aliphatic heterocycles. The number of carbonyl (C=O) groups is 3. The quantitative estimate of drug-likeness (QED) is 0.121. The van der Waals surface area contributed by atoms with E-state index in [0.717, 1.165) is 41.2 Å². The van der Waals surface area contributed by atoms with Crippen LogP contribution in [-0.4, -0.2) is 44.2 Å². The van der Waals surface area contributed by atoms with Crippen LogP contribution in [0.4, 0.5) is 0 Å². The first-order chi connectivity index (χ1) is 17.9. The normalized spacial score (nSPS) is 14.5. The Labute approximate surface area is 228 Å². The summed E-state index contributed by atoms with van der Waals surface area (Å²) in [6.45, 7) is 2.53. The monoisotopic (exact) mass is 554 g/mol. The minimum Gasteiger partial charge on any atom is -0.431 e. The number of aromatic nitrogens is 1. The molecule has 2 aromatic carbocycles. The van der Waals surface area contributed by atoms with Crippen molar-refractivity contribution in [2.45, 2.75) is 37.8 Å². The first-order valence-corrected chi connectivity index (χ1v) is 14.0. The van der Waals surface area contributed by atoms with Gasteiger partial charge in [-0.2, -0.15) is 0 Å². The molecule has 37 heavy (non-hydrogen) atoms. The third-order valence-corrected chi connectivity index (χ3v) is 7.68. The summed E-state index contributed by atoms with van der Waals surface area (Å²) in [6.07, 6.45) is 4.24. The number of para-hydroxylation sites is 2. The number of aryl methyl sites for hydroxylation is 1. The second kappa shape index (κ2) is 12.9. The number of amides is 3. The van der Waals surface area contributed by atoms with Crippen LogP contribution in [0.15, 0.2) is 63.1 Å².